The van der Waals surface area contributed by atoms with Crippen molar-refractivity contribution in [2.75, 3.05) is 25.4 Å². The molecule has 1 aliphatic rings. The molecule has 3 N–H and O–H groups in total. The van der Waals surface area contributed by atoms with Crippen LogP contribution in [0.2, 0.25) is 0 Å². The molecule has 0 aliphatic carbocycles. The molecule has 1 aliphatic heterocycles. The Balaban J connectivity index is 1.68. The number of amides is 2. The van der Waals surface area contributed by atoms with E-state index < -0.39 is 10.0 Å². The van der Waals surface area contributed by atoms with Gasteiger partial charge >= 0.3 is 6.03 Å². The average molecular weight is 343 g/mol. The lowest BCUT2D eigenvalue weighted by Gasteiger charge is -2.17. The third kappa shape index (κ3) is 5.51. The highest BCUT2D eigenvalue weighted by Crippen LogP contribution is 2.17. The van der Waals surface area contributed by atoms with Gasteiger partial charge in [0, 0.05) is 31.9 Å². The van der Waals surface area contributed by atoms with Gasteiger partial charge in [0.15, 0.2) is 0 Å². The minimum Gasteiger partial charge on any atom is -0.338 e. The molecule has 2 heterocycles. The first-order chi connectivity index (χ1) is 10.7. The maximum Gasteiger partial charge on any atom is 0.317 e. The lowest BCUT2D eigenvalue weighted by molar-refractivity contribution is 0.207. The van der Waals surface area contributed by atoms with Crippen molar-refractivity contribution in [2.45, 2.75) is 33.2 Å². The van der Waals surface area contributed by atoms with Crippen molar-refractivity contribution in [1.29, 1.82) is 0 Å². The number of aromatic nitrogens is 2. The summed E-state index contributed by atoms with van der Waals surface area (Å²) in [5.74, 6) is -0.125. The van der Waals surface area contributed by atoms with E-state index in [0.717, 1.165) is 24.4 Å². The van der Waals surface area contributed by atoms with Crippen molar-refractivity contribution in [3.05, 3.63) is 17.5 Å². The lowest BCUT2D eigenvalue weighted by atomic mass is 10.2. The zero-order valence-corrected chi connectivity index (χ0v) is 14.5. The predicted molar refractivity (Wildman–Crippen MR) is 87.4 cm³/mol. The zero-order chi connectivity index (χ0) is 17.0. The second-order valence-electron chi connectivity index (χ2n) is 6.17. The van der Waals surface area contributed by atoms with E-state index in [1.807, 2.05) is 24.6 Å². The van der Waals surface area contributed by atoms with Gasteiger partial charge in [-0.05, 0) is 38.7 Å². The highest BCUT2D eigenvalue weighted by molar-refractivity contribution is 7.89. The molecule has 8 nitrogen and oxygen atoms in total. The number of carbonyl (C=O) groups excluding carboxylic acids is 1. The van der Waals surface area contributed by atoms with E-state index in [1.165, 1.54) is 0 Å². The first-order valence-corrected chi connectivity index (χ1v) is 9.50. The molecule has 23 heavy (non-hydrogen) atoms. The Morgan fingerprint density at radius 1 is 1.48 bits per heavy atom. The van der Waals surface area contributed by atoms with Crippen LogP contribution in [0.5, 0.6) is 0 Å². The number of carbonyl (C=O) groups is 1. The topological polar surface area (TPSA) is 110 Å². The summed E-state index contributed by atoms with van der Waals surface area (Å²) in [5, 5.41) is 12.3. The number of primary sulfonamides is 1. The van der Waals surface area contributed by atoms with E-state index in [2.05, 4.69) is 10.4 Å². The standard InChI is InChI=1S/C14H25N5O3S/c1-11-8-12(2)19(17-11)6-3-5-16-14(20)18-7-4-13(9-18)10-23(15,21)22/h8,13H,3-7,9-10H2,1-2H3,(H,16,20)(H2,15,21,22). The largest absolute Gasteiger partial charge is 0.338 e. The van der Waals surface area contributed by atoms with Gasteiger partial charge in [0.1, 0.15) is 0 Å². The molecular weight excluding hydrogens is 318 g/mol. The molecule has 0 spiro atoms. The molecule has 2 amide bonds. The van der Waals surface area contributed by atoms with Crippen LogP contribution < -0.4 is 10.5 Å². The van der Waals surface area contributed by atoms with Gasteiger partial charge in [-0.15, -0.1) is 0 Å². The number of hydrogen-bond acceptors (Lipinski definition) is 4. The molecule has 1 atom stereocenters. The summed E-state index contributed by atoms with van der Waals surface area (Å²) in [6.45, 7) is 6.30. The number of rotatable bonds is 6. The van der Waals surface area contributed by atoms with Gasteiger partial charge in [0.2, 0.25) is 10.0 Å². The van der Waals surface area contributed by atoms with Gasteiger partial charge in [-0.3, -0.25) is 4.68 Å². The predicted octanol–water partition coefficient (Wildman–Crippen LogP) is 0.210. The van der Waals surface area contributed by atoms with Crippen LogP contribution in [0.1, 0.15) is 24.2 Å². The Morgan fingerprint density at radius 3 is 2.83 bits per heavy atom. The minimum absolute atomic E-state index is 0.0608. The van der Waals surface area contributed by atoms with E-state index in [9.17, 15) is 13.2 Å². The first kappa shape index (κ1) is 17.7. The molecule has 0 saturated carbocycles. The fraction of sp³-hybridized carbons (Fsp3) is 0.714. The summed E-state index contributed by atoms with van der Waals surface area (Å²) in [6, 6.07) is 1.88. The summed E-state index contributed by atoms with van der Waals surface area (Å²) in [7, 11) is -3.48. The van der Waals surface area contributed by atoms with E-state index in [0.29, 0.717) is 26.1 Å². The Kier molecular flexibility index (Phi) is 5.64. The molecule has 130 valence electrons. The molecule has 9 heteroatoms. The zero-order valence-electron chi connectivity index (χ0n) is 13.7. The van der Waals surface area contributed by atoms with Crippen molar-refractivity contribution in [2.24, 2.45) is 11.1 Å². The quantitative estimate of drug-likeness (QED) is 0.719. The molecule has 1 aromatic heterocycles. The van der Waals surface area contributed by atoms with Gasteiger partial charge in [0.25, 0.3) is 0 Å². The Hall–Kier alpha value is -1.61. The van der Waals surface area contributed by atoms with E-state index in [4.69, 9.17) is 5.14 Å². The molecule has 2 rings (SSSR count). The Labute approximate surface area is 137 Å². The second-order valence-corrected chi connectivity index (χ2v) is 7.83. The molecule has 0 aromatic carbocycles. The van der Waals surface area contributed by atoms with E-state index in [1.54, 1.807) is 4.90 Å². The highest BCUT2D eigenvalue weighted by Gasteiger charge is 2.28. The molecule has 1 aromatic rings. The number of nitrogens with two attached hydrogens (primary N) is 1. The molecule has 0 bridgehead atoms. The van der Waals surface area contributed by atoms with Crippen LogP contribution in [0.4, 0.5) is 4.79 Å². The summed E-state index contributed by atoms with van der Waals surface area (Å²) in [5.41, 5.74) is 2.10. The fourth-order valence-corrected chi connectivity index (χ4v) is 3.85. The smallest absolute Gasteiger partial charge is 0.317 e. The fourth-order valence-electron chi connectivity index (χ4n) is 2.92. The summed E-state index contributed by atoms with van der Waals surface area (Å²) >= 11 is 0. The number of nitrogens with zero attached hydrogens (tertiary/aromatic N) is 3. The molecule has 1 unspecified atom stereocenters. The monoisotopic (exact) mass is 343 g/mol. The lowest BCUT2D eigenvalue weighted by Crippen LogP contribution is -2.39. The maximum absolute atomic E-state index is 12.1. The van der Waals surface area contributed by atoms with Gasteiger partial charge in [0.05, 0.1) is 11.4 Å². The number of urea groups is 1. The first-order valence-electron chi connectivity index (χ1n) is 7.79. The normalized spacial score (nSPS) is 18.4. The highest BCUT2D eigenvalue weighted by atomic mass is 32.2. The molecule has 1 saturated heterocycles. The summed E-state index contributed by atoms with van der Waals surface area (Å²) < 4.78 is 24.1. The van der Waals surface area contributed by atoms with Crippen LogP contribution >= 0.6 is 0 Å². The molecule has 0 radical (unpaired) electrons. The van der Waals surface area contributed by atoms with Gasteiger partial charge in [-0.1, -0.05) is 0 Å². The van der Waals surface area contributed by atoms with Crippen molar-refractivity contribution < 1.29 is 13.2 Å². The van der Waals surface area contributed by atoms with Crippen molar-refractivity contribution in [3.8, 4) is 0 Å². The van der Waals surface area contributed by atoms with Gasteiger partial charge < -0.3 is 10.2 Å². The number of likely N-dealkylation sites (tertiary alicyclic amines) is 1. The Morgan fingerprint density at radius 2 is 2.22 bits per heavy atom. The van der Waals surface area contributed by atoms with Crippen molar-refractivity contribution in [3.63, 3.8) is 0 Å². The number of nitrogens with one attached hydrogen (secondary N) is 1. The summed E-state index contributed by atoms with van der Waals surface area (Å²) in [6.07, 6.45) is 1.47. The number of sulfonamides is 1. The van der Waals surface area contributed by atoms with Gasteiger partial charge in [-0.2, -0.15) is 5.10 Å². The average Bonchev–Trinajstić information content (AvgIpc) is 2.99. The Bertz CT molecular complexity index is 655. The second kappa shape index (κ2) is 7.31. The van der Waals surface area contributed by atoms with E-state index in [-0.39, 0.29) is 17.7 Å². The summed E-state index contributed by atoms with van der Waals surface area (Å²) in [4.78, 5) is 13.7. The number of aryl methyl sites for hydroxylation is 3. The minimum atomic E-state index is -3.48. The van der Waals surface area contributed by atoms with Crippen LogP contribution in [0.15, 0.2) is 6.07 Å². The maximum atomic E-state index is 12.1. The van der Waals surface area contributed by atoms with Crippen LogP contribution in [0.25, 0.3) is 0 Å². The van der Waals surface area contributed by atoms with Crippen LogP contribution in [0, 0.1) is 19.8 Å². The van der Waals surface area contributed by atoms with Crippen molar-refractivity contribution >= 4 is 16.1 Å². The van der Waals surface area contributed by atoms with Gasteiger partial charge in [-0.25, -0.2) is 18.4 Å². The van der Waals surface area contributed by atoms with E-state index >= 15 is 0 Å². The third-order valence-corrected chi connectivity index (χ3v) is 4.90. The van der Waals surface area contributed by atoms with Crippen LogP contribution in [-0.4, -0.2) is 54.5 Å². The molecular formula is C14H25N5O3S. The third-order valence-electron chi connectivity index (χ3n) is 3.97. The van der Waals surface area contributed by atoms with Crippen LogP contribution in [0.3, 0.4) is 0 Å². The number of hydrogen-bond donors (Lipinski definition) is 2. The van der Waals surface area contributed by atoms with Crippen molar-refractivity contribution in [1.82, 2.24) is 20.0 Å². The molecule has 1 fully saturated rings. The van der Waals surface area contributed by atoms with Crippen LogP contribution in [-0.2, 0) is 16.6 Å². The SMILES string of the molecule is Cc1cc(C)n(CCCNC(=O)N2CCC(CS(N)(=O)=O)C2)n1.